The van der Waals surface area contributed by atoms with Gasteiger partial charge in [-0.25, -0.2) is 4.99 Å². The van der Waals surface area contributed by atoms with Crippen LogP contribution in [0.25, 0.3) is 5.57 Å². The highest BCUT2D eigenvalue weighted by Gasteiger charge is 2.18. The molecule has 0 fully saturated rings. The lowest BCUT2D eigenvalue weighted by Crippen LogP contribution is -2.04. The van der Waals surface area contributed by atoms with Crippen LogP contribution in [0.15, 0.2) is 69.2 Å². The van der Waals surface area contributed by atoms with Gasteiger partial charge in [0.05, 0.1) is 21.3 Å². The van der Waals surface area contributed by atoms with Gasteiger partial charge in [-0.3, -0.25) is 0 Å². The van der Waals surface area contributed by atoms with Crippen LogP contribution in [0, 0.1) is 6.92 Å². The first-order valence-corrected chi connectivity index (χ1v) is 13.4. The summed E-state index contributed by atoms with van der Waals surface area (Å²) >= 11 is 1.78. The third-order valence-electron chi connectivity index (χ3n) is 6.66. The fourth-order valence-electron chi connectivity index (χ4n) is 4.76. The van der Waals surface area contributed by atoms with Gasteiger partial charge in [0.15, 0.2) is 11.5 Å². The van der Waals surface area contributed by atoms with E-state index in [2.05, 4.69) is 42.7 Å². The number of hydrogen-bond acceptors (Lipinski definition) is 6. The molecule has 0 spiro atoms. The molecule has 0 unspecified atom stereocenters. The van der Waals surface area contributed by atoms with Crippen LogP contribution in [0.1, 0.15) is 55.2 Å². The third-order valence-corrected chi connectivity index (χ3v) is 7.73. The number of ether oxygens (including phenoxy) is 3. The molecule has 2 heterocycles. The summed E-state index contributed by atoms with van der Waals surface area (Å²) in [6.45, 7) is 2.14. The van der Waals surface area contributed by atoms with Crippen LogP contribution in [-0.4, -0.2) is 27.0 Å². The first-order chi connectivity index (χ1) is 17.5. The van der Waals surface area contributed by atoms with Crippen molar-refractivity contribution in [3.8, 4) is 17.2 Å². The molecule has 0 aliphatic carbocycles. The Morgan fingerprint density at radius 3 is 2.39 bits per heavy atom. The predicted molar refractivity (Wildman–Crippen MR) is 151 cm³/mol. The zero-order valence-corrected chi connectivity index (χ0v) is 22.5. The Bertz CT molecular complexity index is 1200. The third kappa shape index (κ3) is 6.16. The zero-order valence-electron chi connectivity index (χ0n) is 21.7. The van der Waals surface area contributed by atoms with Gasteiger partial charge in [0.1, 0.15) is 5.82 Å². The molecule has 4 rings (SSSR count). The second kappa shape index (κ2) is 12.2. The molecule has 0 atom stereocenters. The second-order valence-corrected chi connectivity index (χ2v) is 10.1. The number of methoxy groups -OCH3 is 3. The fraction of sp³-hybridized carbons (Fsp3) is 0.367. The summed E-state index contributed by atoms with van der Waals surface area (Å²) in [5, 5.41) is 2.28. The first-order valence-electron chi connectivity index (χ1n) is 12.5. The van der Waals surface area contributed by atoms with Crippen molar-refractivity contribution in [3.05, 3.63) is 80.9 Å². The van der Waals surface area contributed by atoms with Gasteiger partial charge in [0.25, 0.3) is 0 Å². The van der Waals surface area contributed by atoms with Gasteiger partial charge in [-0.05, 0) is 86.1 Å². The molecule has 5 nitrogen and oxygen atoms in total. The maximum atomic E-state index is 6.53. The van der Waals surface area contributed by atoms with E-state index in [0.717, 1.165) is 50.5 Å². The van der Waals surface area contributed by atoms with E-state index in [-0.39, 0.29) is 0 Å². The largest absolute Gasteiger partial charge is 0.493 e. The fourth-order valence-corrected chi connectivity index (χ4v) is 5.79. The molecule has 2 N–H and O–H groups in total. The van der Waals surface area contributed by atoms with Crippen molar-refractivity contribution in [2.45, 2.75) is 51.9 Å². The summed E-state index contributed by atoms with van der Waals surface area (Å²) in [4.78, 5) is 6.13. The van der Waals surface area contributed by atoms with Crippen LogP contribution < -0.4 is 19.9 Å². The molecule has 190 valence electrons. The molecular weight excluding hydrogens is 468 g/mol. The lowest BCUT2D eigenvalue weighted by Gasteiger charge is -2.17. The van der Waals surface area contributed by atoms with Gasteiger partial charge >= 0.3 is 0 Å². The predicted octanol–water partition coefficient (Wildman–Crippen LogP) is 7.20. The molecule has 36 heavy (non-hydrogen) atoms. The van der Waals surface area contributed by atoms with Crippen molar-refractivity contribution in [2.24, 2.45) is 10.7 Å². The number of hydrogen-bond donors (Lipinski definition) is 1. The Balaban J connectivity index is 1.40. The molecule has 2 aromatic rings. The molecule has 6 heteroatoms. The Morgan fingerprint density at radius 2 is 1.75 bits per heavy atom. The average Bonchev–Trinajstić information content (AvgIpc) is 3.08. The molecular formula is C30H36N2O3S. The molecule has 2 aliphatic heterocycles. The van der Waals surface area contributed by atoms with Crippen molar-refractivity contribution >= 4 is 23.0 Å². The quantitative estimate of drug-likeness (QED) is 0.391. The van der Waals surface area contributed by atoms with Gasteiger partial charge in [0.2, 0.25) is 5.75 Å². The van der Waals surface area contributed by atoms with E-state index in [0.29, 0.717) is 23.1 Å². The number of thioether (sulfide) groups is 1. The number of rotatable bonds is 9. The van der Waals surface area contributed by atoms with Gasteiger partial charge < -0.3 is 19.9 Å². The highest BCUT2D eigenvalue weighted by atomic mass is 32.2. The van der Waals surface area contributed by atoms with E-state index >= 15 is 0 Å². The lowest BCUT2D eigenvalue weighted by atomic mass is 10.00. The molecule has 2 aliphatic rings. The van der Waals surface area contributed by atoms with E-state index in [9.17, 15) is 0 Å². The topological polar surface area (TPSA) is 66.1 Å². The number of benzene rings is 2. The second-order valence-electron chi connectivity index (χ2n) is 9.19. The maximum absolute atomic E-state index is 6.53. The van der Waals surface area contributed by atoms with Crippen molar-refractivity contribution in [2.75, 3.05) is 21.3 Å². The summed E-state index contributed by atoms with van der Waals surface area (Å²) in [5.74, 6) is 2.68. The average molecular weight is 505 g/mol. The molecule has 0 radical (unpaired) electrons. The minimum atomic E-state index is 0.623. The summed E-state index contributed by atoms with van der Waals surface area (Å²) in [7, 11) is 4.91. The van der Waals surface area contributed by atoms with Gasteiger partial charge in [-0.15, -0.1) is 0 Å². The van der Waals surface area contributed by atoms with Crippen molar-refractivity contribution < 1.29 is 14.2 Å². The molecule has 0 saturated heterocycles. The molecule has 2 aromatic carbocycles. The van der Waals surface area contributed by atoms with Crippen LogP contribution in [0.5, 0.6) is 17.2 Å². The number of aliphatic imine (C=N–C) groups is 1. The van der Waals surface area contributed by atoms with E-state index in [1.807, 2.05) is 12.1 Å². The van der Waals surface area contributed by atoms with Crippen LogP contribution in [0.4, 0.5) is 0 Å². The normalized spacial score (nSPS) is 16.1. The lowest BCUT2D eigenvalue weighted by molar-refractivity contribution is 0.323. The molecule has 0 bridgehead atoms. The molecule has 0 amide bonds. The van der Waals surface area contributed by atoms with Crippen molar-refractivity contribution in [1.82, 2.24) is 0 Å². The van der Waals surface area contributed by atoms with Crippen LogP contribution in [-0.2, 0) is 6.42 Å². The zero-order chi connectivity index (χ0) is 25.5. The monoisotopic (exact) mass is 504 g/mol. The van der Waals surface area contributed by atoms with Crippen LogP contribution in [0.2, 0.25) is 0 Å². The Morgan fingerprint density at radius 1 is 0.972 bits per heavy atom. The Labute approximate surface area is 219 Å². The first kappa shape index (κ1) is 26.0. The van der Waals surface area contributed by atoms with Gasteiger partial charge in [0, 0.05) is 16.2 Å². The molecule has 0 saturated carbocycles. The Hall–Kier alpha value is -3.12. The van der Waals surface area contributed by atoms with E-state index in [1.165, 1.54) is 32.9 Å². The smallest absolute Gasteiger partial charge is 0.203 e. The van der Waals surface area contributed by atoms with Crippen molar-refractivity contribution in [1.29, 1.82) is 0 Å². The van der Waals surface area contributed by atoms with E-state index < -0.39 is 0 Å². The summed E-state index contributed by atoms with van der Waals surface area (Å²) in [5.41, 5.74) is 14.0. The minimum absolute atomic E-state index is 0.623. The molecule has 0 aromatic heterocycles. The van der Waals surface area contributed by atoms with Crippen LogP contribution >= 0.6 is 11.8 Å². The minimum Gasteiger partial charge on any atom is -0.493 e. The van der Waals surface area contributed by atoms with Crippen LogP contribution in [0.3, 0.4) is 0 Å². The van der Waals surface area contributed by atoms with Gasteiger partial charge in [-0.1, -0.05) is 47.7 Å². The SMILES string of the molecule is COc1cc(CCCC2=NC(N)=C(C3=CCC(c4cccc(C)c4)=CS3)CCC2)cc(OC)c1OC. The summed E-state index contributed by atoms with van der Waals surface area (Å²) in [6, 6.07) is 12.7. The number of allylic oxidation sites excluding steroid dienone is 3. The number of nitrogens with zero attached hydrogens (tertiary/aromatic N) is 1. The van der Waals surface area contributed by atoms with Crippen molar-refractivity contribution in [3.63, 3.8) is 0 Å². The van der Waals surface area contributed by atoms with Gasteiger partial charge in [-0.2, -0.15) is 0 Å². The van der Waals surface area contributed by atoms with E-state index in [1.54, 1.807) is 33.1 Å². The summed E-state index contributed by atoms with van der Waals surface area (Å²) in [6.07, 6.45) is 9.09. The maximum Gasteiger partial charge on any atom is 0.203 e. The highest BCUT2D eigenvalue weighted by molar-refractivity contribution is 8.06. The van der Waals surface area contributed by atoms with E-state index in [4.69, 9.17) is 24.9 Å². The number of nitrogens with two attached hydrogens (primary N) is 1. The summed E-state index contributed by atoms with van der Waals surface area (Å²) < 4.78 is 16.4. The Kier molecular flexibility index (Phi) is 8.81. The highest BCUT2D eigenvalue weighted by Crippen LogP contribution is 2.40. The standard InChI is InChI=1S/C30H36N2O3S/c1-20-8-5-10-22(16-20)23-14-15-28(36-19-23)25-13-7-12-24(32-30(25)31)11-6-9-21-17-26(33-2)29(35-4)27(18-21)34-3/h5,8,10,15-19H,6-7,9,11-14,31H2,1-4H3. The number of aryl methyl sites for hydroxylation is 2.